The summed E-state index contributed by atoms with van der Waals surface area (Å²) < 4.78 is 5.16. The van der Waals surface area contributed by atoms with Crippen molar-refractivity contribution in [2.24, 2.45) is 0 Å². The van der Waals surface area contributed by atoms with Gasteiger partial charge in [0.25, 0.3) is 11.6 Å². The van der Waals surface area contributed by atoms with E-state index < -0.39 is 4.92 Å². The lowest BCUT2D eigenvalue weighted by atomic mass is 10.2. The van der Waals surface area contributed by atoms with Crippen molar-refractivity contribution in [2.45, 2.75) is 23.5 Å². The zero-order chi connectivity index (χ0) is 23.8. The first-order chi connectivity index (χ1) is 15.9. The van der Waals surface area contributed by atoms with Crippen molar-refractivity contribution in [3.63, 3.8) is 0 Å². The SMILES string of the molecule is CCC(Sc1cccc(NC(=O)c2cccc(OC)c2)c1)C(=O)Nc1ccc([N+](=O)[O-])cc1. The van der Waals surface area contributed by atoms with Crippen molar-refractivity contribution in [3.8, 4) is 5.75 Å². The zero-order valence-corrected chi connectivity index (χ0v) is 18.9. The molecule has 2 amide bonds. The maximum atomic E-state index is 12.7. The molecule has 0 aliphatic rings. The molecule has 3 aromatic rings. The Labute approximate surface area is 195 Å². The fourth-order valence-electron chi connectivity index (χ4n) is 2.99. The Kier molecular flexibility index (Phi) is 8.04. The third-order valence-electron chi connectivity index (χ3n) is 4.71. The highest BCUT2D eigenvalue weighted by Gasteiger charge is 2.19. The number of methoxy groups -OCH3 is 1. The van der Waals surface area contributed by atoms with Gasteiger partial charge in [0.15, 0.2) is 0 Å². The Morgan fingerprint density at radius 1 is 1.00 bits per heavy atom. The standard InChI is InChI=1S/C24H23N3O5S/c1-3-22(24(29)25-17-10-12-19(13-11-17)27(30)31)33-21-9-5-7-18(15-21)26-23(28)16-6-4-8-20(14-16)32-2/h4-15,22H,3H2,1-2H3,(H,25,29)(H,26,28). The molecular formula is C24H23N3O5S. The van der Waals surface area contributed by atoms with Gasteiger partial charge in [0.2, 0.25) is 5.91 Å². The molecule has 0 heterocycles. The number of amides is 2. The van der Waals surface area contributed by atoms with Gasteiger partial charge in [0, 0.05) is 34.0 Å². The van der Waals surface area contributed by atoms with E-state index in [0.29, 0.717) is 29.1 Å². The first-order valence-electron chi connectivity index (χ1n) is 10.2. The highest BCUT2D eigenvalue weighted by atomic mass is 32.2. The van der Waals surface area contributed by atoms with Crippen molar-refractivity contribution >= 4 is 40.6 Å². The second-order valence-corrected chi connectivity index (χ2v) is 8.30. The number of benzene rings is 3. The predicted molar refractivity (Wildman–Crippen MR) is 129 cm³/mol. The van der Waals surface area contributed by atoms with Crippen molar-refractivity contribution in [1.29, 1.82) is 0 Å². The molecule has 1 unspecified atom stereocenters. The summed E-state index contributed by atoms with van der Waals surface area (Å²) in [5.74, 6) is 0.123. The van der Waals surface area contributed by atoms with Crippen molar-refractivity contribution in [2.75, 3.05) is 17.7 Å². The van der Waals surface area contributed by atoms with Gasteiger partial charge in [-0.05, 0) is 55.0 Å². The van der Waals surface area contributed by atoms with Crippen LogP contribution in [-0.4, -0.2) is 29.1 Å². The average molecular weight is 466 g/mol. The van der Waals surface area contributed by atoms with Gasteiger partial charge in [-0.3, -0.25) is 19.7 Å². The van der Waals surface area contributed by atoms with Gasteiger partial charge < -0.3 is 15.4 Å². The van der Waals surface area contributed by atoms with Crippen LogP contribution >= 0.6 is 11.8 Å². The summed E-state index contributed by atoms with van der Waals surface area (Å²) in [6.45, 7) is 1.90. The van der Waals surface area contributed by atoms with Gasteiger partial charge in [-0.15, -0.1) is 11.8 Å². The second kappa shape index (κ2) is 11.1. The number of nitro benzene ring substituents is 1. The minimum absolute atomic E-state index is 0.0396. The molecule has 0 saturated heterocycles. The third-order valence-corrected chi connectivity index (χ3v) is 6.07. The summed E-state index contributed by atoms with van der Waals surface area (Å²) >= 11 is 1.38. The number of hydrogen-bond donors (Lipinski definition) is 2. The Bertz CT molecular complexity index is 1150. The lowest BCUT2D eigenvalue weighted by molar-refractivity contribution is -0.384. The fraction of sp³-hybridized carbons (Fsp3) is 0.167. The topological polar surface area (TPSA) is 111 Å². The van der Waals surface area contributed by atoms with Gasteiger partial charge in [-0.25, -0.2) is 0 Å². The van der Waals surface area contributed by atoms with Crippen molar-refractivity contribution < 1.29 is 19.2 Å². The van der Waals surface area contributed by atoms with E-state index in [1.807, 2.05) is 25.1 Å². The molecule has 3 rings (SSSR count). The van der Waals surface area contributed by atoms with Gasteiger partial charge in [-0.1, -0.05) is 19.1 Å². The lowest BCUT2D eigenvalue weighted by Gasteiger charge is -2.15. The molecule has 0 radical (unpaired) electrons. The third kappa shape index (κ3) is 6.56. The molecule has 0 saturated carbocycles. The molecule has 3 aromatic carbocycles. The highest BCUT2D eigenvalue weighted by molar-refractivity contribution is 8.00. The minimum Gasteiger partial charge on any atom is -0.497 e. The fourth-order valence-corrected chi connectivity index (χ4v) is 4.00. The van der Waals surface area contributed by atoms with Crippen LogP contribution in [0, 0.1) is 10.1 Å². The molecule has 0 aliphatic heterocycles. The second-order valence-electron chi connectivity index (χ2n) is 7.02. The minimum atomic E-state index is -0.490. The summed E-state index contributed by atoms with van der Waals surface area (Å²) in [6.07, 6.45) is 0.573. The Morgan fingerprint density at radius 3 is 2.39 bits per heavy atom. The largest absolute Gasteiger partial charge is 0.497 e. The summed E-state index contributed by atoms with van der Waals surface area (Å²) in [5, 5.41) is 16.1. The van der Waals surface area contributed by atoms with Crippen molar-refractivity contribution in [1.82, 2.24) is 0 Å². The van der Waals surface area contributed by atoms with E-state index >= 15 is 0 Å². The molecular weight excluding hydrogens is 442 g/mol. The quantitative estimate of drug-likeness (QED) is 0.250. The van der Waals surface area contributed by atoms with E-state index in [4.69, 9.17) is 4.74 Å². The summed E-state index contributed by atoms with van der Waals surface area (Å²) in [4.78, 5) is 36.4. The Morgan fingerprint density at radius 2 is 1.73 bits per heavy atom. The Balaban J connectivity index is 1.65. The van der Waals surface area contributed by atoms with Gasteiger partial charge in [0.05, 0.1) is 17.3 Å². The van der Waals surface area contributed by atoms with E-state index in [2.05, 4.69) is 10.6 Å². The van der Waals surface area contributed by atoms with Crippen LogP contribution in [0.5, 0.6) is 5.75 Å². The molecule has 8 nitrogen and oxygen atoms in total. The smallest absolute Gasteiger partial charge is 0.269 e. The molecule has 33 heavy (non-hydrogen) atoms. The zero-order valence-electron chi connectivity index (χ0n) is 18.1. The number of nitrogens with zero attached hydrogens (tertiary/aromatic N) is 1. The van der Waals surface area contributed by atoms with Crippen LogP contribution in [0.3, 0.4) is 0 Å². The first kappa shape index (κ1) is 23.8. The van der Waals surface area contributed by atoms with E-state index in [1.54, 1.807) is 37.4 Å². The summed E-state index contributed by atoms with van der Waals surface area (Å²) in [5.41, 5.74) is 1.53. The molecule has 0 aromatic heterocycles. The lowest BCUT2D eigenvalue weighted by Crippen LogP contribution is -2.24. The first-order valence-corrected chi connectivity index (χ1v) is 11.0. The monoisotopic (exact) mass is 465 g/mol. The number of rotatable bonds is 9. The molecule has 0 spiro atoms. The van der Waals surface area contributed by atoms with E-state index in [-0.39, 0.29) is 22.8 Å². The number of non-ortho nitro benzene ring substituents is 1. The molecule has 2 N–H and O–H groups in total. The van der Waals surface area contributed by atoms with Crippen LogP contribution in [-0.2, 0) is 4.79 Å². The van der Waals surface area contributed by atoms with Crippen LogP contribution in [0.1, 0.15) is 23.7 Å². The number of nitro groups is 1. The molecule has 9 heteroatoms. The number of carbonyl (C=O) groups is 2. The van der Waals surface area contributed by atoms with Gasteiger partial charge in [0.1, 0.15) is 5.75 Å². The van der Waals surface area contributed by atoms with Crippen LogP contribution < -0.4 is 15.4 Å². The van der Waals surface area contributed by atoms with Crippen LogP contribution in [0.25, 0.3) is 0 Å². The van der Waals surface area contributed by atoms with E-state index in [9.17, 15) is 19.7 Å². The maximum Gasteiger partial charge on any atom is 0.269 e. The van der Waals surface area contributed by atoms with E-state index in [0.717, 1.165) is 4.90 Å². The molecule has 170 valence electrons. The number of nitrogens with one attached hydrogen (secondary N) is 2. The normalized spacial score (nSPS) is 11.3. The Hall–Kier alpha value is -3.85. The molecule has 1 atom stereocenters. The van der Waals surface area contributed by atoms with Gasteiger partial charge >= 0.3 is 0 Å². The molecule has 0 bridgehead atoms. The van der Waals surface area contributed by atoms with Crippen LogP contribution in [0.4, 0.5) is 17.1 Å². The summed E-state index contributed by atoms with van der Waals surface area (Å²) in [7, 11) is 1.54. The molecule has 0 fully saturated rings. The number of carbonyl (C=O) groups excluding carboxylic acids is 2. The number of thioether (sulfide) groups is 1. The highest BCUT2D eigenvalue weighted by Crippen LogP contribution is 2.29. The van der Waals surface area contributed by atoms with Crippen LogP contribution in [0.15, 0.2) is 77.7 Å². The van der Waals surface area contributed by atoms with Crippen molar-refractivity contribution in [3.05, 3.63) is 88.5 Å². The number of ether oxygens (including phenoxy) is 1. The average Bonchev–Trinajstić information content (AvgIpc) is 2.83. The van der Waals surface area contributed by atoms with E-state index in [1.165, 1.54) is 36.0 Å². The maximum absolute atomic E-state index is 12.7. The van der Waals surface area contributed by atoms with Gasteiger partial charge in [-0.2, -0.15) is 0 Å². The van der Waals surface area contributed by atoms with Crippen LogP contribution in [0.2, 0.25) is 0 Å². The number of anilines is 2. The number of hydrogen-bond acceptors (Lipinski definition) is 6. The summed E-state index contributed by atoms with van der Waals surface area (Å²) in [6, 6.07) is 19.8. The molecule has 0 aliphatic carbocycles. The predicted octanol–water partition coefficient (Wildman–Crippen LogP) is 5.37.